The van der Waals surface area contributed by atoms with E-state index in [1.54, 1.807) is 0 Å². The minimum Gasteiger partial charge on any atom is -0.452 e. The van der Waals surface area contributed by atoms with Crippen LogP contribution in [0.1, 0.15) is 43.5 Å². The smallest absolute Gasteiger partial charge is 0.340 e. The summed E-state index contributed by atoms with van der Waals surface area (Å²) in [7, 11) is 0. The van der Waals surface area contributed by atoms with Crippen molar-refractivity contribution in [2.24, 2.45) is 11.8 Å². The molecule has 132 valence electrons. The molecule has 1 aliphatic rings. The predicted molar refractivity (Wildman–Crippen MR) is 85.8 cm³/mol. The molecule has 1 saturated carbocycles. The maximum absolute atomic E-state index is 13.2. The Morgan fingerprint density at radius 3 is 2.62 bits per heavy atom. The summed E-state index contributed by atoms with van der Waals surface area (Å²) in [6.45, 7) is 3.74. The van der Waals surface area contributed by atoms with Crippen molar-refractivity contribution in [3.8, 4) is 0 Å². The summed E-state index contributed by atoms with van der Waals surface area (Å²) in [6.07, 6.45) is 3.07. The number of esters is 1. The van der Waals surface area contributed by atoms with E-state index in [4.69, 9.17) is 16.3 Å². The number of nitrogens with one attached hydrogen (secondary N) is 1. The van der Waals surface area contributed by atoms with E-state index in [0.29, 0.717) is 24.0 Å². The second-order valence-corrected chi connectivity index (χ2v) is 6.67. The van der Waals surface area contributed by atoms with E-state index in [9.17, 15) is 18.4 Å². The van der Waals surface area contributed by atoms with Gasteiger partial charge in [-0.1, -0.05) is 38.3 Å². The summed E-state index contributed by atoms with van der Waals surface area (Å²) in [5.41, 5.74) is -0.317. The zero-order valence-electron chi connectivity index (χ0n) is 13.6. The van der Waals surface area contributed by atoms with Crippen molar-refractivity contribution in [1.82, 2.24) is 5.32 Å². The van der Waals surface area contributed by atoms with Gasteiger partial charge in [-0.05, 0) is 30.4 Å². The van der Waals surface area contributed by atoms with Crippen LogP contribution in [0, 0.1) is 23.5 Å². The molecule has 0 aromatic heterocycles. The van der Waals surface area contributed by atoms with Crippen LogP contribution in [0.2, 0.25) is 5.02 Å². The Hall–Kier alpha value is -1.69. The third kappa shape index (κ3) is 4.44. The SMILES string of the molecule is C[C@H]1[C@@H](C)CCC[C@H]1NC(=O)COC(=O)c1cc(F)c(F)cc1Cl. The summed E-state index contributed by atoms with van der Waals surface area (Å²) >= 11 is 5.69. The van der Waals surface area contributed by atoms with E-state index in [1.807, 2.05) is 0 Å². The minimum absolute atomic E-state index is 0.0480. The zero-order chi connectivity index (χ0) is 17.9. The minimum atomic E-state index is -1.21. The maximum atomic E-state index is 13.2. The molecule has 2 rings (SSSR count). The molecule has 0 bridgehead atoms. The van der Waals surface area contributed by atoms with Crippen LogP contribution in [0.25, 0.3) is 0 Å². The number of benzene rings is 1. The Kier molecular flexibility index (Phi) is 6.15. The van der Waals surface area contributed by atoms with Crippen LogP contribution in [0.5, 0.6) is 0 Å². The van der Waals surface area contributed by atoms with E-state index in [0.717, 1.165) is 19.3 Å². The van der Waals surface area contributed by atoms with Gasteiger partial charge in [0.2, 0.25) is 0 Å². The van der Waals surface area contributed by atoms with Gasteiger partial charge in [0.15, 0.2) is 18.2 Å². The molecule has 1 aromatic rings. The number of carbonyl (C=O) groups excluding carboxylic acids is 2. The largest absolute Gasteiger partial charge is 0.452 e. The van der Waals surface area contributed by atoms with E-state index >= 15 is 0 Å². The molecular weight excluding hydrogens is 340 g/mol. The first kappa shape index (κ1) is 18.6. The van der Waals surface area contributed by atoms with Crippen molar-refractivity contribution in [1.29, 1.82) is 0 Å². The Morgan fingerprint density at radius 2 is 1.92 bits per heavy atom. The Labute approximate surface area is 144 Å². The Balaban J connectivity index is 1.90. The number of carbonyl (C=O) groups is 2. The van der Waals surface area contributed by atoms with E-state index < -0.39 is 30.1 Å². The molecule has 0 radical (unpaired) electrons. The van der Waals surface area contributed by atoms with Crippen LogP contribution in [0.4, 0.5) is 8.78 Å². The van der Waals surface area contributed by atoms with Crippen LogP contribution in [0.3, 0.4) is 0 Å². The van der Waals surface area contributed by atoms with Crippen molar-refractivity contribution in [2.75, 3.05) is 6.61 Å². The van der Waals surface area contributed by atoms with Gasteiger partial charge in [0.25, 0.3) is 5.91 Å². The number of ether oxygens (including phenoxy) is 1. The molecule has 1 aromatic carbocycles. The van der Waals surface area contributed by atoms with Crippen molar-refractivity contribution in [3.63, 3.8) is 0 Å². The molecule has 1 fully saturated rings. The fourth-order valence-electron chi connectivity index (χ4n) is 2.92. The van der Waals surface area contributed by atoms with Crippen LogP contribution in [-0.4, -0.2) is 24.5 Å². The van der Waals surface area contributed by atoms with Gasteiger partial charge in [0.05, 0.1) is 10.6 Å². The lowest BCUT2D eigenvalue weighted by atomic mass is 9.78. The van der Waals surface area contributed by atoms with E-state index in [-0.39, 0.29) is 16.6 Å². The normalized spacial score (nSPS) is 23.6. The first-order valence-corrected chi connectivity index (χ1v) is 8.28. The fourth-order valence-corrected chi connectivity index (χ4v) is 3.15. The summed E-state index contributed by atoms with van der Waals surface area (Å²) in [4.78, 5) is 23.8. The van der Waals surface area contributed by atoms with Gasteiger partial charge >= 0.3 is 5.97 Å². The first-order chi connectivity index (χ1) is 11.3. The molecule has 1 N–H and O–H groups in total. The van der Waals surface area contributed by atoms with Crippen molar-refractivity contribution < 1.29 is 23.1 Å². The lowest BCUT2D eigenvalue weighted by Gasteiger charge is -2.34. The number of halogens is 3. The monoisotopic (exact) mass is 359 g/mol. The molecule has 0 saturated heterocycles. The average Bonchev–Trinajstić information content (AvgIpc) is 2.53. The van der Waals surface area contributed by atoms with Crippen molar-refractivity contribution in [3.05, 3.63) is 34.4 Å². The summed E-state index contributed by atoms with van der Waals surface area (Å²) in [5.74, 6) is -2.89. The summed E-state index contributed by atoms with van der Waals surface area (Å²) in [5, 5.41) is 2.59. The molecule has 0 heterocycles. The third-order valence-corrected chi connectivity index (χ3v) is 4.93. The number of rotatable bonds is 4. The quantitative estimate of drug-likeness (QED) is 0.658. The molecule has 3 atom stereocenters. The number of hydrogen-bond acceptors (Lipinski definition) is 3. The molecule has 0 aliphatic heterocycles. The highest BCUT2D eigenvalue weighted by atomic mass is 35.5. The number of hydrogen-bond donors (Lipinski definition) is 1. The standard InChI is InChI=1S/C17H20ClF2NO3/c1-9-4-3-5-15(10(9)2)21-16(22)8-24-17(23)11-6-13(19)14(20)7-12(11)18/h6-7,9-10,15H,3-5,8H2,1-2H3,(H,21,22)/t9-,10-,15+/m0/s1. The second-order valence-electron chi connectivity index (χ2n) is 6.26. The highest BCUT2D eigenvalue weighted by Gasteiger charge is 2.28. The van der Waals surface area contributed by atoms with Gasteiger partial charge in [-0.2, -0.15) is 0 Å². The summed E-state index contributed by atoms with van der Waals surface area (Å²) < 4.78 is 31.0. The van der Waals surface area contributed by atoms with Crippen LogP contribution < -0.4 is 5.32 Å². The van der Waals surface area contributed by atoms with Gasteiger partial charge in [-0.3, -0.25) is 4.79 Å². The highest BCUT2D eigenvalue weighted by Crippen LogP contribution is 2.29. The molecule has 7 heteroatoms. The van der Waals surface area contributed by atoms with E-state index in [1.165, 1.54) is 0 Å². The number of amides is 1. The molecule has 0 spiro atoms. The van der Waals surface area contributed by atoms with Crippen molar-refractivity contribution in [2.45, 2.75) is 39.2 Å². The van der Waals surface area contributed by atoms with E-state index in [2.05, 4.69) is 19.2 Å². The molecule has 1 amide bonds. The topological polar surface area (TPSA) is 55.4 Å². The van der Waals surface area contributed by atoms with Gasteiger partial charge in [0.1, 0.15) is 0 Å². The second kappa shape index (κ2) is 7.92. The molecule has 24 heavy (non-hydrogen) atoms. The highest BCUT2D eigenvalue weighted by molar-refractivity contribution is 6.33. The van der Waals surface area contributed by atoms with Gasteiger partial charge in [0, 0.05) is 6.04 Å². The molecule has 4 nitrogen and oxygen atoms in total. The average molecular weight is 360 g/mol. The Bertz CT molecular complexity index is 639. The lowest BCUT2D eigenvalue weighted by Crippen LogP contribution is -2.45. The van der Waals surface area contributed by atoms with Crippen LogP contribution in [-0.2, 0) is 9.53 Å². The van der Waals surface area contributed by atoms with Crippen LogP contribution in [0.15, 0.2) is 12.1 Å². The lowest BCUT2D eigenvalue weighted by molar-refractivity contribution is -0.125. The van der Waals surface area contributed by atoms with Crippen LogP contribution >= 0.6 is 11.6 Å². The maximum Gasteiger partial charge on any atom is 0.340 e. The molecule has 0 unspecified atom stereocenters. The molecular formula is C17H20ClF2NO3. The van der Waals surface area contributed by atoms with Gasteiger partial charge in [-0.15, -0.1) is 0 Å². The Morgan fingerprint density at radius 1 is 1.25 bits per heavy atom. The van der Waals surface area contributed by atoms with Gasteiger partial charge < -0.3 is 10.1 Å². The summed E-state index contributed by atoms with van der Waals surface area (Å²) in [6, 6.07) is 1.40. The third-order valence-electron chi connectivity index (χ3n) is 4.62. The molecule has 1 aliphatic carbocycles. The van der Waals surface area contributed by atoms with Gasteiger partial charge in [-0.25, -0.2) is 13.6 Å². The van der Waals surface area contributed by atoms with Crippen molar-refractivity contribution >= 4 is 23.5 Å². The first-order valence-electron chi connectivity index (χ1n) is 7.90. The zero-order valence-corrected chi connectivity index (χ0v) is 14.3. The predicted octanol–water partition coefficient (Wildman–Crippen LogP) is 3.72. The fraction of sp³-hybridized carbons (Fsp3) is 0.529.